The van der Waals surface area contributed by atoms with Gasteiger partial charge in [-0.05, 0) is 32.0 Å². The summed E-state index contributed by atoms with van der Waals surface area (Å²) in [6.07, 6.45) is 2.99. The molecule has 5 heteroatoms. The van der Waals surface area contributed by atoms with E-state index in [2.05, 4.69) is 15.3 Å². The zero-order valence-electron chi connectivity index (χ0n) is 11.6. The number of carbonyl (C=O) groups excluding carboxylic acids is 1. The van der Waals surface area contributed by atoms with Crippen molar-refractivity contribution in [2.75, 3.05) is 13.2 Å². The maximum absolute atomic E-state index is 11.2. The van der Waals surface area contributed by atoms with Gasteiger partial charge in [-0.25, -0.2) is 4.98 Å². The van der Waals surface area contributed by atoms with Crippen LogP contribution in [0.25, 0.3) is 11.0 Å². The van der Waals surface area contributed by atoms with E-state index >= 15 is 0 Å². The standard InChI is InChI=1S/C15H19N3O2/c1-2-20-15(19)8-5-9-16-10-12-11-17-13-6-3-4-7-14(13)18-12/h3-4,6-7,11,16H,2,5,8-10H2,1H3. The summed E-state index contributed by atoms with van der Waals surface area (Å²) in [4.78, 5) is 20.0. The first-order valence-electron chi connectivity index (χ1n) is 6.86. The Morgan fingerprint density at radius 1 is 1.30 bits per heavy atom. The first-order valence-corrected chi connectivity index (χ1v) is 6.86. The molecule has 2 rings (SSSR count). The Morgan fingerprint density at radius 3 is 2.90 bits per heavy atom. The second-order valence-corrected chi connectivity index (χ2v) is 4.44. The molecule has 106 valence electrons. The van der Waals surface area contributed by atoms with Gasteiger partial charge in [-0.2, -0.15) is 0 Å². The molecule has 0 fully saturated rings. The van der Waals surface area contributed by atoms with Crippen LogP contribution in [-0.2, 0) is 16.1 Å². The summed E-state index contributed by atoms with van der Waals surface area (Å²) in [6, 6.07) is 7.79. The van der Waals surface area contributed by atoms with Crippen molar-refractivity contribution in [2.24, 2.45) is 0 Å². The number of carbonyl (C=O) groups is 1. The summed E-state index contributed by atoms with van der Waals surface area (Å²) in [5.41, 5.74) is 2.71. The average Bonchev–Trinajstić information content (AvgIpc) is 2.47. The van der Waals surface area contributed by atoms with Gasteiger partial charge in [0.2, 0.25) is 0 Å². The number of nitrogens with one attached hydrogen (secondary N) is 1. The largest absolute Gasteiger partial charge is 0.466 e. The Bertz CT molecular complexity index is 572. The van der Waals surface area contributed by atoms with Crippen LogP contribution in [0, 0.1) is 0 Å². The molecule has 0 spiro atoms. The highest BCUT2D eigenvalue weighted by Gasteiger charge is 2.02. The van der Waals surface area contributed by atoms with E-state index in [1.165, 1.54) is 0 Å². The lowest BCUT2D eigenvalue weighted by Gasteiger charge is -2.05. The first-order chi connectivity index (χ1) is 9.79. The van der Waals surface area contributed by atoms with Gasteiger partial charge >= 0.3 is 5.97 Å². The topological polar surface area (TPSA) is 64.1 Å². The molecule has 0 amide bonds. The van der Waals surface area contributed by atoms with Gasteiger partial charge in [0, 0.05) is 13.0 Å². The zero-order chi connectivity index (χ0) is 14.2. The molecule has 0 aliphatic rings. The van der Waals surface area contributed by atoms with Gasteiger partial charge in [0.15, 0.2) is 0 Å². The molecular weight excluding hydrogens is 254 g/mol. The van der Waals surface area contributed by atoms with Gasteiger partial charge in [-0.3, -0.25) is 9.78 Å². The van der Waals surface area contributed by atoms with Gasteiger partial charge in [-0.15, -0.1) is 0 Å². The molecule has 0 aliphatic carbocycles. The van der Waals surface area contributed by atoms with Crippen LogP contribution in [0.1, 0.15) is 25.5 Å². The predicted molar refractivity (Wildman–Crippen MR) is 77.1 cm³/mol. The number of ether oxygens (including phenoxy) is 1. The summed E-state index contributed by atoms with van der Waals surface area (Å²) < 4.78 is 4.87. The minimum atomic E-state index is -0.139. The highest BCUT2D eigenvalue weighted by atomic mass is 16.5. The maximum Gasteiger partial charge on any atom is 0.305 e. The van der Waals surface area contributed by atoms with Gasteiger partial charge in [-0.1, -0.05) is 12.1 Å². The lowest BCUT2D eigenvalue weighted by Crippen LogP contribution is -2.17. The van der Waals surface area contributed by atoms with E-state index in [1.807, 2.05) is 31.2 Å². The van der Waals surface area contributed by atoms with Crippen LogP contribution >= 0.6 is 0 Å². The smallest absolute Gasteiger partial charge is 0.305 e. The third kappa shape index (κ3) is 4.28. The molecule has 0 bridgehead atoms. The summed E-state index contributed by atoms with van der Waals surface area (Å²) in [7, 11) is 0. The fourth-order valence-corrected chi connectivity index (χ4v) is 1.89. The fraction of sp³-hybridized carbons (Fsp3) is 0.400. The highest BCUT2D eigenvalue weighted by molar-refractivity contribution is 5.73. The molecule has 0 aliphatic heterocycles. The van der Waals surface area contributed by atoms with Gasteiger partial charge in [0.05, 0.1) is 29.5 Å². The highest BCUT2D eigenvalue weighted by Crippen LogP contribution is 2.08. The minimum absolute atomic E-state index is 0.139. The predicted octanol–water partition coefficient (Wildman–Crippen LogP) is 2.06. The monoisotopic (exact) mass is 273 g/mol. The Morgan fingerprint density at radius 2 is 2.10 bits per heavy atom. The number of nitrogens with zero attached hydrogens (tertiary/aromatic N) is 2. The van der Waals surface area contributed by atoms with Crippen LogP contribution < -0.4 is 5.32 Å². The summed E-state index contributed by atoms with van der Waals surface area (Å²) >= 11 is 0. The molecule has 0 atom stereocenters. The second-order valence-electron chi connectivity index (χ2n) is 4.44. The van der Waals surface area contributed by atoms with Crippen molar-refractivity contribution >= 4 is 17.0 Å². The maximum atomic E-state index is 11.2. The van der Waals surface area contributed by atoms with Crippen molar-refractivity contribution in [3.05, 3.63) is 36.2 Å². The zero-order valence-corrected chi connectivity index (χ0v) is 11.6. The Kier molecular flexibility index (Phi) is 5.43. The molecule has 1 N–H and O–H groups in total. The second kappa shape index (κ2) is 7.55. The van der Waals surface area contributed by atoms with E-state index in [0.29, 0.717) is 19.6 Å². The molecule has 2 aromatic rings. The Balaban J connectivity index is 1.74. The van der Waals surface area contributed by atoms with Crippen LogP contribution in [0.5, 0.6) is 0 Å². The van der Waals surface area contributed by atoms with Crippen molar-refractivity contribution in [2.45, 2.75) is 26.3 Å². The third-order valence-corrected chi connectivity index (χ3v) is 2.84. The number of hydrogen-bond donors (Lipinski definition) is 1. The molecule has 0 saturated heterocycles. The molecule has 5 nitrogen and oxygen atoms in total. The molecule has 1 aromatic carbocycles. The number of hydrogen-bond acceptors (Lipinski definition) is 5. The number of aromatic nitrogens is 2. The molecule has 1 aromatic heterocycles. The number of fused-ring (bicyclic) bond motifs is 1. The van der Waals surface area contributed by atoms with E-state index in [1.54, 1.807) is 6.20 Å². The van der Waals surface area contributed by atoms with Crippen molar-refractivity contribution in [1.82, 2.24) is 15.3 Å². The molecular formula is C15H19N3O2. The number of rotatable bonds is 7. The molecule has 0 unspecified atom stereocenters. The molecule has 1 heterocycles. The lowest BCUT2D eigenvalue weighted by molar-refractivity contribution is -0.143. The number of benzene rings is 1. The fourth-order valence-electron chi connectivity index (χ4n) is 1.89. The van der Waals surface area contributed by atoms with Crippen molar-refractivity contribution in [1.29, 1.82) is 0 Å². The molecule has 0 saturated carbocycles. The van der Waals surface area contributed by atoms with Gasteiger partial charge < -0.3 is 10.1 Å². The average molecular weight is 273 g/mol. The lowest BCUT2D eigenvalue weighted by atomic mass is 10.3. The number of esters is 1. The first kappa shape index (κ1) is 14.4. The molecule has 0 radical (unpaired) electrons. The van der Waals surface area contributed by atoms with Crippen molar-refractivity contribution < 1.29 is 9.53 Å². The van der Waals surface area contributed by atoms with Crippen LogP contribution in [0.2, 0.25) is 0 Å². The Hall–Kier alpha value is -2.01. The van der Waals surface area contributed by atoms with E-state index < -0.39 is 0 Å². The van der Waals surface area contributed by atoms with E-state index in [0.717, 1.165) is 29.7 Å². The van der Waals surface area contributed by atoms with Crippen LogP contribution in [0.4, 0.5) is 0 Å². The van der Waals surface area contributed by atoms with Crippen molar-refractivity contribution in [3.8, 4) is 0 Å². The quantitative estimate of drug-likeness (QED) is 0.618. The van der Waals surface area contributed by atoms with Crippen molar-refractivity contribution in [3.63, 3.8) is 0 Å². The minimum Gasteiger partial charge on any atom is -0.466 e. The van der Waals surface area contributed by atoms with E-state index in [4.69, 9.17) is 4.74 Å². The summed E-state index contributed by atoms with van der Waals surface area (Å²) in [6.45, 7) is 3.67. The van der Waals surface area contributed by atoms with Crippen LogP contribution in [0.15, 0.2) is 30.5 Å². The Labute approximate surface area is 118 Å². The van der Waals surface area contributed by atoms with Crippen LogP contribution in [-0.4, -0.2) is 29.1 Å². The molecule has 20 heavy (non-hydrogen) atoms. The van der Waals surface area contributed by atoms with Gasteiger partial charge in [0.1, 0.15) is 0 Å². The third-order valence-electron chi connectivity index (χ3n) is 2.84. The normalized spacial score (nSPS) is 10.7. The SMILES string of the molecule is CCOC(=O)CCCNCc1cnc2ccccc2n1. The summed E-state index contributed by atoms with van der Waals surface area (Å²) in [5.74, 6) is -0.139. The van der Waals surface area contributed by atoms with E-state index in [9.17, 15) is 4.79 Å². The van der Waals surface area contributed by atoms with E-state index in [-0.39, 0.29) is 5.97 Å². The summed E-state index contributed by atoms with van der Waals surface area (Å²) in [5, 5.41) is 3.25. The number of para-hydroxylation sites is 2. The van der Waals surface area contributed by atoms with Crippen LogP contribution in [0.3, 0.4) is 0 Å². The van der Waals surface area contributed by atoms with Gasteiger partial charge in [0.25, 0.3) is 0 Å².